The molecule has 0 aromatic carbocycles. The Morgan fingerprint density at radius 3 is 2.45 bits per heavy atom. The van der Waals surface area contributed by atoms with Gasteiger partial charge in [-0.2, -0.15) is 13.2 Å². The molecule has 4 nitrogen and oxygen atoms in total. The number of alkyl halides is 3. The summed E-state index contributed by atoms with van der Waals surface area (Å²) in [6.45, 7) is 2.39. The number of carbonyl (C=O) groups is 1. The number of nitrogens with one attached hydrogen (secondary N) is 1. The average molecular weight is 317 g/mol. The molecule has 2 fully saturated rings. The van der Waals surface area contributed by atoms with Gasteiger partial charge in [-0.05, 0) is 26.3 Å². The van der Waals surface area contributed by atoms with Gasteiger partial charge in [0.05, 0.1) is 12.0 Å². The Morgan fingerprint density at radius 2 is 2.00 bits per heavy atom. The Kier molecular flexibility index (Phi) is 4.99. The normalized spacial score (nSPS) is 34.8. The minimum atomic E-state index is -4.69. The predicted octanol–water partition coefficient (Wildman–Crippen LogP) is 1.32. The van der Waals surface area contributed by atoms with Crippen molar-refractivity contribution in [3.63, 3.8) is 0 Å². The molecule has 2 unspecified atom stereocenters. The second-order valence-electron chi connectivity index (χ2n) is 5.85. The fraction of sp³-hybridized carbons (Fsp3) is 0.917. The Hall–Kier alpha value is -0.530. The first-order chi connectivity index (χ1) is 8.68. The first-order valence-corrected chi connectivity index (χ1v) is 6.47. The van der Waals surface area contributed by atoms with Gasteiger partial charge in [-0.15, -0.1) is 12.4 Å². The van der Waals surface area contributed by atoms with Gasteiger partial charge in [-0.25, -0.2) is 0 Å². The van der Waals surface area contributed by atoms with E-state index in [1.165, 1.54) is 0 Å². The molecule has 118 valence electrons. The maximum atomic E-state index is 12.7. The fourth-order valence-electron chi connectivity index (χ4n) is 2.82. The number of aliphatic hydroxyl groups is 1. The van der Waals surface area contributed by atoms with E-state index in [0.717, 1.165) is 17.9 Å². The van der Waals surface area contributed by atoms with E-state index in [4.69, 9.17) is 0 Å². The van der Waals surface area contributed by atoms with Gasteiger partial charge >= 0.3 is 6.18 Å². The molecule has 2 saturated heterocycles. The van der Waals surface area contributed by atoms with Crippen LogP contribution < -0.4 is 5.32 Å². The van der Waals surface area contributed by atoms with Crippen molar-refractivity contribution in [3.05, 3.63) is 0 Å². The number of hydrogen-bond donors (Lipinski definition) is 2. The van der Waals surface area contributed by atoms with E-state index in [1.807, 2.05) is 0 Å². The number of rotatable bonds is 1. The van der Waals surface area contributed by atoms with Gasteiger partial charge in [0.15, 0.2) is 5.60 Å². The van der Waals surface area contributed by atoms with Crippen molar-refractivity contribution < 1.29 is 23.1 Å². The molecule has 0 bridgehead atoms. The van der Waals surface area contributed by atoms with E-state index < -0.39 is 30.2 Å². The second-order valence-corrected chi connectivity index (χ2v) is 5.85. The molecular formula is C12H20ClF3N2O2. The smallest absolute Gasteiger partial charge is 0.379 e. The Morgan fingerprint density at radius 1 is 1.35 bits per heavy atom. The molecule has 1 amide bonds. The van der Waals surface area contributed by atoms with Crippen LogP contribution in [0.3, 0.4) is 0 Å². The summed E-state index contributed by atoms with van der Waals surface area (Å²) in [5, 5.41) is 12.7. The summed E-state index contributed by atoms with van der Waals surface area (Å²) in [6, 6.07) is 0. The minimum Gasteiger partial charge on any atom is -0.379 e. The molecule has 0 spiro atoms. The molecule has 2 N–H and O–H groups in total. The van der Waals surface area contributed by atoms with Crippen molar-refractivity contribution in [2.24, 2.45) is 5.41 Å². The first-order valence-electron chi connectivity index (χ1n) is 6.47. The summed E-state index contributed by atoms with van der Waals surface area (Å²) in [7, 11) is 0. The van der Waals surface area contributed by atoms with Crippen LogP contribution in [0.1, 0.15) is 26.2 Å². The molecule has 2 aliphatic rings. The lowest BCUT2D eigenvalue weighted by atomic mass is 9.81. The van der Waals surface area contributed by atoms with Crippen LogP contribution in [0.2, 0.25) is 0 Å². The Balaban J connectivity index is 0.00000200. The van der Waals surface area contributed by atoms with E-state index in [9.17, 15) is 23.1 Å². The third-order valence-corrected chi connectivity index (χ3v) is 4.18. The van der Waals surface area contributed by atoms with E-state index in [0.29, 0.717) is 13.0 Å². The van der Waals surface area contributed by atoms with Crippen LogP contribution in [-0.2, 0) is 4.79 Å². The lowest BCUT2D eigenvalue weighted by molar-refractivity contribution is -0.253. The van der Waals surface area contributed by atoms with E-state index >= 15 is 0 Å². The summed E-state index contributed by atoms with van der Waals surface area (Å²) >= 11 is 0. The Labute approximate surface area is 122 Å². The second kappa shape index (κ2) is 5.69. The topological polar surface area (TPSA) is 52.6 Å². The number of β-amino-alcohol motifs (C(OH)–C–C–N with tert-alkyl or cyclic N) is 1. The molecule has 8 heteroatoms. The largest absolute Gasteiger partial charge is 0.419 e. The molecule has 20 heavy (non-hydrogen) atoms. The van der Waals surface area contributed by atoms with Crippen molar-refractivity contribution in [1.82, 2.24) is 10.2 Å². The summed E-state index contributed by atoms with van der Waals surface area (Å²) in [4.78, 5) is 13.5. The first kappa shape index (κ1) is 17.5. The third kappa shape index (κ3) is 3.04. The number of piperidine rings is 1. The maximum absolute atomic E-state index is 12.7. The number of halogens is 4. The van der Waals surface area contributed by atoms with Gasteiger partial charge in [0.2, 0.25) is 5.91 Å². The van der Waals surface area contributed by atoms with E-state index in [2.05, 4.69) is 5.32 Å². The molecule has 2 heterocycles. The monoisotopic (exact) mass is 316 g/mol. The quantitative estimate of drug-likeness (QED) is 0.767. The van der Waals surface area contributed by atoms with Crippen molar-refractivity contribution in [2.45, 2.75) is 38.0 Å². The van der Waals surface area contributed by atoms with Crippen LogP contribution in [0.5, 0.6) is 0 Å². The number of likely N-dealkylation sites (tertiary alicyclic amines) is 1. The molecule has 2 rings (SSSR count). The summed E-state index contributed by atoms with van der Waals surface area (Å²) in [5.41, 5.74) is -3.41. The number of amides is 1. The van der Waals surface area contributed by atoms with E-state index in [1.54, 1.807) is 6.92 Å². The lowest BCUT2D eigenvalue weighted by Crippen LogP contribution is -2.52. The van der Waals surface area contributed by atoms with Crippen LogP contribution in [0.15, 0.2) is 0 Å². The van der Waals surface area contributed by atoms with Gasteiger partial charge < -0.3 is 15.3 Å². The molecule has 0 aromatic rings. The van der Waals surface area contributed by atoms with Crippen molar-refractivity contribution in [1.29, 1.82) is 0 Å². The molecule has 2 aliphatic heterocycles. The van der Waals surface area contributed by atoms with Crippen molar-refractivity contribution in [2.75, 3.05) is 26.2 Å². The van der Waals surface area contributed by atoms with Gasteiger partial charge in [0.25, 0.3) is 0 Å². The zero-order chi connectivity index (χ0) is 14.3. The number of hydrogen-bond acceptors (Lipinski definition) is 3. The molecular weight excluding hydrogens is 297 g/mol. The number of carbonyl (C=O) groups excluding carboxylic acids is 1. The lowest BCUT2D eigenvalue weighted by Gasteiger charge is -2.36. The molecule has 0 aliphatic carbocycles. The summed E-state index contributed by atoms with van der Waals surface area (Å²) in [5.74, 6) is -0.292. The van der Waals surface area contributed by atoms with Gasteiger partial charge in [0, 0.05) is 19.5 Å². The highest BCUT2D eigenvalue weighted by Crippen LogP contribution is 2.39. The predicted molar refractivity (Wildman–Crippen MR) is 69.7 cm³/mol. The van der Waals surface area contributed by atoms with Crippen LogP contribution in [0.25, 0.3) is 0 Å². The highest BCUT2D eigenvalue weighted by atomic mass is 35.5. The minimum absolute atomic E-state index is 0. The molecule has 0 radical (unpaired) electrons. The van der Waals surface area contributed by atoms with Crippen LogP contribution in [0.4, 0.5) is 13.2 Å². The highest BCUT2D eigenvalue weighted by Gasteiger charge is 2.58. The zero-order valence-electron chi connectivity index (χ0n) is 11.3. The average Bonchev–Trinajstić information content (AvgIpc) is 2.72. The van der Waals surface area contributed by atoms with Crippen LogP contribution in [0, 0.1) is 5.41 Å². The fourth-order valence-corrected chi connectivity index (χ4v) is 2.82. The molecule has 0 saturated carbocycles. The van der Waals surface area contributed by atoms with Crippen molar-refractivity contribution >= 4 is 18.3 Å². The third-order valence-electron chi connectivity index (χ3n) is 4.18. The van der Waals surface area contributed by atoms with Crippen LogP contribution >= 0.6 is 12.4 Å². The highest BCUT2D eigenvalue weighted by molar-refractivity contribution is 5.85. The van der Waals surface area contributed by atoms with Gasteiger partial charge in [0.1, 0.15) is 0 Å². The van der Waals surface area contributed by atoms with Crippen molar-refractivity contribution in [3.8, 4) is 0 Å². The van der Waals surface area contributed by atoms with E-state index in [-0.39, 0.29) is 24.9 Å². The van der Waals surface area contributed by atoms with Crippen LogP contribution in [-0.4, -0.2) is 53.9 Å². The Bertz CT molecular complexity index is 372. The standard InChI is InChI=1S/C12H19F3N2O2.ClH/c1-10(3-2-5-16-7-10)9(18)17-6-4-11(19,8-17)12(13,14)15;/h16,19H,2-8H2,1H3;1H. The van der Waals surface area contributed by atoms with Gasteiger partial charge in [-0.1, -0.05) is 0 Å². The number of nitrogens with zero attached hydrogens (tertiary/aromatic N) is 1. The summed E-state index contributed by atoms with van der Waals surface area (Å²) in [6.07, 6.45) is -3.63. The molecule has 0 aromatic heterocycles. The zero-order valence-corrected chi connectivity index (χ0v) is 12.1. The maximum Gasteiger partial charge on any atom is 0.419 e. The summed E-state index contributed by atoms with van der Waals surface area (Å²) < 4.78 is 38.2. The SMILES string of the molecule is CC1(C(=O)N2CCC(O)(C(F)(F)F)C2)CCCNC1.Cl. The van der Waals surface area contributed by atoms with Gasteiger partial charge in [-0.3, -0.25) is 4.79 Å². The molecule has 2 atom stereocenters.